The van der Waals surface area contributed by atoms with Crippen LogP contribution in [0.25, 0.3) is 0 Å². The second-order valence-corrected chi connectivity index (χ2v) is 5.70. The quantitative estimate of drug-likeness (QED) is 0.864. The van der Waals surface area contributed by atoms with Crippen LogP contribution in [0.4, 0.5) is 8.78 Å². The van der Waals surface area contributed by atoms with Crippen molar-refractivity contribution in [3.8, 4) is 0 Å². The Morgan fingerprint density at radius 1 is 1.19 bits per heavy atom. The summed E-state index contributed by atoms with van der Waals surface area (Å²) in [4.78, 5) is 25.5. The molecule has 1 saturated carbocycles. The zero-order valence-electron chi connectivity index (χ0n) is 11.4. The number of likely N-dealkylation sites (tertiary alicyclic amines) is 1. The molecule has 21 heavy (non-hydrogen) atoms. The van der Waals surface area contributed by atoms with E-state index in [1.165, 1.54) is 6.07 Å². The molecule has 3 unspecified atom stereocenters. The van der Waals surface area contributed by atoms with Crippen molar-refractivity contribution in [1.29, 1.82) is 0 Å². The van der Waals surface area contributed by atoms with Crippen LogP contribution >= 0.6 is 0 Å². The Morgan fingerprint density at radius 3 is 2.38 bits per heavy atom. The van der Waals surface area contributed by atoms with Crippen LogP contribution in [0.1, 0.15) is 30.9 Å². The van der Waals surface area contributed by atoms with E-state index in [2.05, 4.69) is 0 Å². The van der Waals surface area contributed by atoms with Crippen LogP contribution in [-0.4, -0.2) is 23.3 Å². The van der Waals surface area contributed by atoms with Gasteiger partial charge in [0.2, 0.25) is 11.8 Å². The molecule has 1 heterocycles. The summed E-state index contributed by atoms with van der Waals surface area (Å²) in [7, 11) is 0. The van der Waals surface area contributed by atoms with Crippen molar-refractivity contribution in [1.82, 2.24) is 4.90 Å². The number of amides is 2. The molecule has 2 fully saturated rings. The van der Waals surface area contributed by atoms with E-state index in [1.54, 1.807) is 0 Å². The van der Waals surface area contributed by atoms with Gasteiger partial charge >= 0.3 is 0 Å². The predicted molar refractivity (Wildman–Crippen MR) is 70.8 cm³/mol. The van der Waals surface area contributed by atoms with Crippen LogP contribution in [0.15, 0.2) is 18.2 Å². The van der Waals surface area contributed by atoms with Crippen molar-refractivity contribution in [3.05, 3.63) is 35.4 Å². The summed E-state index contributed by atoms with van der Waals surface area (Å²) < 4.78 is 26.6. The maximum absolute atomic E-state index is 13.7. The van der Waals surface area contributed by atoms with Crippen LogP contribution in [0.2, 0.25) is 0 Å². The first-order chi connectivity index (χ1) is 9.99. The summed E-state index contributed by atoms with van der Waals surface area (Å²) in [5.41, 5.74) is 6.00. The third kappa shape index (κ3) is 2.33. The summed E-state index contributed by atoms with van der Waals surface area (Å²) >= 11 is 0. The normalized spacial score (nSPS) is 26.3. The third-order valence-electron chi connectivity index (χ3n) is 4.42. The van der Waals surface area contributed by atoms with Crippen LogP contribution < -0.4 is 5.73 Å². The summed E-state index contributed by atoms with van der Waals surface area (Å²) in [6, 6.07) is 2.26. The fraction of sp³-hybridized carbons (Fsp3) is 0.467. The van der Waals surface area contributed by atoms with Crippen LogP contribution in [0.5, 0.6) is 0 Å². The highest BCUT2D eigenvalue weighted by molar-refractivity contribution is 6.05. The number of benzene rings is 1. The molecule has 0 aromatic heterocycles. The molecule has 112 valence electrons. The van der Waals surface area contributed by atoms with Gasteiger partial charge in [-0.25, -0.2) is 8.78 Å². The second kappa shape index (κ2) is 5.18. The summed E-state index contributed by atoms with van der Waals surface area (Å²) in [6.45, 7) is -0.0623. The highest BCUT2D eigenvalue weighted by Crippen LogP contribution is 2.40. The Morgan fingerprint density at radius 2 is 1.81 bits per heavy atom. The lowest BCUT2D eigenvalue weighted by molar-refractivity contribution is -0.140. The topological polar surface area (TPSA) is 63.4 Å². The molecule has 2 N–H and O–H groups in total. The largest absolute Gasteiger partial charge is 0.322 e. The van der Waals surface area contributed by atoms with Gasteiger partial charge in [0, 0.05) is 18.2 Å². The van der Waals surface area contributed by atoms with E-state index in [0.717, 1.165) is 36.3 Å². The molecule has 4 nitrogen and oxygen atoms in total. The van der Waals surface area contributed by atoms with Gasteiger partial charge < -0.3 is 5.73 Å². The number of halogens is 2. The summed E-state index contributed by atoms with van der Waals surface area (Å²) in [5.74, 6) is -2.33. The number of imide groups is 1. The number of carbonyl (C=O) groups excluding carboxylic acids is 2. The van der Waals surface area contributed by atoms with Crippen LogP contribution in [-0.2, 0) is 9.59 Å². The Kier molecular flexibility index (Phi) is 3.49. The summed E-state index contributed by atoms with van der Waals surface area (Å²) in [6.07, 6.45) is 2.34. The van der Waals surface area contributed by atoms with Gasteiger partial charge in [0.25, 0.3) is 0 Å². The van der Waals surface area contributed by atoms with E-state index >= 15 is 0 Å². The molecule has 1 aromatic rings. The van der Waals surface area contributed by atoms with Gasteiger partial charge in [-0.15, -0.1) is 0 Å². The highest BCUT2D eigenvalue weighted by atomic mass is 19.1. The zero-order chi connectivity index (χ0) is 15.1. The predicted octanol–water partition coefficient (Wildman–Crippen LogP) is 1.75. The molecule has 2 amide bonds. The first-order valence-corrected chi connectivity index (χ1v) is 7.05. The van der Waals surface area contributed by atoms with Crippen molar-refractivity contribution in [2.24, 2.45) is 17.6 Å². The first kappa shape index (κ1) is 14.1. The van der Waals surface area contributed by atoms with E-state index in [4.69, 9.17) is 5.73 Å². The lowest BCUT2D eigenvalue weighted by Crippen LogP contribution is -2.38. The molecule has 2 aliphatic rings. The van der Waals surface area contributed by atoms with E-state index in [9.17, 15) is 18.4 Å². The molecule has 6 heteroatoms. The van der Waals surface area contributed by atoms with Crippen molar-refractivity contribution in [2.75, 3.05) is 6.54 Å². The van der Waals surface area contributed by atoms with E-state index in [0.29, 0.717) is 0 Å². The Labute approximate surface area is 120 Å². The highest BCUT2D eigenvalue weighted by Gasteiger charge is 2.49. The molecule has 3 atom stereocenters. The zero-order valence-corrected chi connectivity index (χ0v) is 11.4. The van der Waals surface area contributed by atoms with E-state index in [1.807, 2.05) is 0 Å². The molecule has 3 rings (SSSR count). The standard InChI is InChI=1S/C15H16F2N2O2/c16-8-4-5-11(12(17)6-8)13(18)7-19-14(20)9-2-1-3-10(9)15(19)21/h4-6,9-10,13H,1-3,7,18H2. The lowest BCUT2D eigenvalue weighted by atomic mass is 10.00. The second-order valence-electron chi connectivity index (χ2n) is 5.70. The van der Waals surface area contributed by atoms with Gasteiger partial charge in [-0.1, -0.05) is 12.5 Å². The molecule has 0 bridgehead atoms. The van der Waals surface area contributed by atoms with Crippen molar-refractivity contribution in [2.45, 2.75) is 25.3 Å². The summed E-state index contributed by atoms with van der Waals surface area (Å²) in [5, 5.41) is 0. The molecule has 1 aliphatic heterocycles. The van der Waals surface area contributed by atoms with Crippen molar-refractivity contribution < 1.29 is 18.4 Å². The number of nitrogens with zero attached hydrogens (tertiary/aromatic N) is 1. The number of hydrogen-bond acceptors (Lipinski definition) is 3. The molecule has 1 saturated heterocycles. The fourth-order valence-corrected chi connectivity index (χ4v) is 3.34. The average Bonchev–Trinajstić information content (AvgIpc) is 2.99. The van der Waals surface area contributed by atoms with Gasteiger partial charge in [0.05, 0.1) is 17.9 Å². The number of nitrogens with two attached hydrogens (primary N) is 1. The smallest absolute Gasteiger partial charge is 0.233 e. The molecular formula is C15H16F2N2O2. The molecular weight excluding hydrogens is 278 g/mol. The maximum atomic E-state index is 13.7. The molecule has 0 spiro atoms. The van der Waals surface area contributed by atoms with Gasteiger partial charge in [0.1, 0.15) is 11.6 Å². The Bertz CT molecular complexity index is 583. The van der Waals surface area contributed by atoms with Gasteiger partial charge in [0.15, 0.2) is 0 Å². The van der Waals surface area contributed by atoms with E-state index in [-0.39, 0.29) is 35.8 Å². The third-order valence-corrected chi connectivity index (χ3v) is 4.42. The van der Waals surface area contributed by atoms with Crippen molar-refractivity contribution >= 4 is 11.8 Å². The van der Waals surface area contributed by atoms with E-state index < -0.39 is 17.7 Å². The van der Waals surface area contributed by atoms with Gasteiger partial charge in [-0.2, -0.15) is 0 Å². The Balaban J connectivity index is 1.77. The van der Waals surface area contributed by atoms with Gasteiger partial charge in [-0.3, -0.25) is 14.5 Å². The average molecular weight is 294 g/mol. The fourth-order valence-electron chi connectivity index (χ4n) is 3.34. The molecule has 1 aromatic carbocycles. The molecule has 0 radical (unpaired) electrons. The van der Waals surface area contributed by atoms with Crippen LogP contribution in [0.3, 0.4) is 0 Å². The monoisotopic (exact) mass is 294 g/mol. The Hall–Kier alpha value is -1.82. The number of rotatable bonds is 3. The first-order valence-electron chi connectivity index (χ1n) is 7.05. The number of carbonyl (C=O) groups is 2. The van der Waals surface area contributed by atoms with Gasteiger partial charge in [-0.05, 0) is 18.9 Å². The van der Waals surface area contributed by atoms with Crippen molar-refractivity contribution in [3.63, 3.8) is 0 Å². The molecule has 1 aliphatic carbocycles. The number of hydrogen-bond donors (Lipinski definition) is 1. The minimum absolute atomic E-state index is 0.0623. The minimum atomic E-state index is -0.850. The number of fused-ring (bicyclic) bond motifs is 1. The van der Waals surface area contributed by atoms with Crippen LogP contribution in [0, 0.1) is 23.5 Å². The lowest BCUT2D eigenvalue weighted by Gasteiger charge is -2.21. The SMILES string of the molecule is NC(CN1C(=O)C2CCCC2C1=O)c1ccc(F)cc1F. The minimum Gasteiger partial charge on any atom is -0.322 e. The maximum Gasteiger partial charge on any atom is 0.233 e.